The van der Waals surface area contributed by atoms with Crippen molar-refractivity contribution in [2.45, 2.75) is 25.3 Å². The normalized spacial score (nSPS) is 15.8. The SMILES string of the molecule is N#CCCN(CCOCCO)C1CC1. The van der Waals surface area contributed by atoms with Crippen LogP contribution in [-0.2, 0) is 4.74 Å². The lowest BCUT2D eigenvalue weighted by atomic mass is 10.4. The van der Waals surface area contributed by atoms with Crippen molar-refractivity contribution in [3.63, 3.8) is 0 Å². The third kappa shape index (κ3) is 4.56. The number of rotatable bonds is 8. The number of ether oxygens (including phenoxy) is 1. The third-order valence-electron chi connectivity index (χ3n) is 2.33. The predicted octanol–water partition coefficient (Wildman–Crippen LogP) is 0.373. The van der Waals surface area contributed by atoms with E-state index in [0.29, 0.717) is 25.7 Å². The molecule has 0 atom stereocenters. The first-order valence-corrected chi connectivity index (χ1v) is 5.18. The van der Waals surface area contributed by atoms with Crippen LogP contribution in [0.1, 0.15) is 19.3 Å². The highest BCUT2D eigenvalue weighted by molar-refractivity contribution is 4.86. The molecular weight excluding hydrogens is 180 g/mol. The highest BCUT2D eigenvalue weighted by Crippen LogP contribution is 2.26. The van der Waals surface area contributed by atoms with Gasteiger partial charge in [0.25, 0.3) is 0 Å². The molecule has 4 nitrogen and oxygen atoms in total. The third-order valence-corrected chi connectivity index (χ3v) is 2.33. The predicted molar refractivity (Wildman–Crippen MR) is 52.7 cm³/mol. The van der Waals surface area contributed by atoms with Gasteiger partial charge in [-0.3, -0.25) is 4.90 Å². The molecule has 1 rings (SSSR count). The molecule has 0 spiro atoms. The van der Waals surface area contributed by atoms with Crippen molar-refractivity contribution < 1.29 is 9.84 Å². The van der Waals surface area contributed by atoms with Crippen molar-refractivity contribution in [2.75, 3.05) is 32.9 Å². The Morgan fingerprint density at radius 1 is 1.36 bits per heavy atom. The van der Waals surface area contributed by atoms with Gasteiger partial charge in [-0.1, -0.05) is 0 Å². The summed E-state index contributed by atoms with van der Waals surface area (Å²) in [6.07, 6.45) is 3.10. The van der Waals surface area contributed by atoms with Crippen molar-refractivity contribution in [3.8, 4) is 6.07 Å². The standard InChI is InChI=1S/C10H18N2O2/c11-4-1-5-12(10-2-3-10)6-8-14-9-7-13/h10,13H,1-3,5-9H2. The first kappa shape index (κ1) is 11.4. The second-order valence-electron chi connectivity index (χ2n) is 3.51. The van der Waals surface area contributed by atoms with Crippen molar-refractivity contribution in [3.05, 3.63) is 0 Å². The van der Waals surface area contributed by atoms with Crippen LogP contribution >= 0.6 is 0 Å². The lowest BCUT2D eigenvalue weighted by Gasteiger charge is -2.20. The van der Waals surface area contributed by atoms with Crippen LogP contribution in [0.25, 0.3) is 0 Å². The molecule has 0 saturated heterocycles. The Labute approximate surface area is 85.1 Å². The van der Waals surface area contributed by atoms with E-state index >= 15 is 0 Å². The number of aliphatic hydroxyl groups is 1. The van der Waals surface area contributed by atoms with Crippen LogP contribution in [0.3, 0.4) is 0 Å². The Morgan fingerprint density at radius 2 is 2.14 bits per heavy atom. The van der Waals surface area contributed by atoms with Gasteiger partial charge in [-0.05, 0) is 12.8 Å². The Morgan fingerprint density at radius 3 is 2.71 bits per heavy atom. The van der Waals surface area contributed by atoms with Gasteiger partial charge < -0.3 is 9.84 Å². The zero-order valence-electron chi connectivity index (χ0n) is 8.48. The summed E-state index contributed by atoms with van der Waals surface area (Å²) in [4.78, 5) is 2.31. The quantitative estimate of drug-likeness (QED) is 0.573. The van der Waals surface area contributed by atoms with Gasteiger partial charge in [-0.25, -0.2) is 0 Å². The molecule has 0 aliphatic heterocycles. The summed E-state index contributed by atoms with van der Waals surface area (Å²) in [5, 5.41) is 17.0. The fourth-order valence-electron chi connectivity index (χ4n) is 1.46. The average molecular weight is 198 g/mol. The number of nitrogens with zero attached hydrogens (tertiary/aromatic N) is 2. The van der Waals surface area contributed by atoms with Crippen LogP contribution in [-0.4, -0.2) is 49.0 Å². The smallest absolute Gasteiger partial charge is 0.0698 e. The first-order chi connectivity index (χ1) is 6.88. The number of hydrogen-bond acceptors (Lipinski definition) is 4. The second kappa shape index (κ2) is 6.77. The highest BCUT2D eigenvalue weighted by atomic mass is 16.5. The maximum atomic E-state index is 8.51. The van der Waals surface area contributed by atoms with Gasteiger partial charge in [0.2, 0.25) is 0 Å². The molecule has 1 saturated carbocycles. The van der Waals surface area contributed by atoms with Gasteiger partial charge in [0.1, 0.15) is 0 Å². The van der Waals surface area contributed by atoms with Crippen LogP contribution < -0.4 is 0 Å². The van der Waals surface area contributed by atoms with E-state index in [4.69, 9.17) is 15.1 Å². The average Bonchev–Trinajstić information content (AvgIpc) is 3.00. The topological polar surface area (TPSA) is 56.5 Å². The van der Waals surface area contributed by atoms with Crippen LogP contribution in [0.2, 0.25) is 0 Å². The van der Waals surface area contributed by atoms with E-state index in [1.54, 1.807) is 0 Å². The molecule has 1 N–H and O–H groups in total. The molecular formula is C10H18N2O2. The second-order valence-corrected chi connectivity index (χ2v) is 3.51. The largest absolute Gasteiger partial charge is 0.394 e. The molecule has 0 aromatic carbocycles. The van der Waals surface area contributed by atoms with Crippen LogP contribution in [0.15, 0.2) is 0 Å². The molecule has 0 heterocycles. The lowest BCUT2D eigenvalue weighted by molar-refractivity contribution is 0.0724. The van der Waals surface area contributed by atoms with Crippen LogP contribution in [0.5, 0.6) is 0 Å². The molecule has 1 aliphatic carbocycles. The van der Waals surface area contributed by atoms with E-state index in [9.17, 15) is 0 Å². The molecule has 4 heteroatoms. The molecule has 0 unspecified atom stereocenters. The number of nitriles is 1. The Bertz CT molecular complexity index is 187. The van der Waals surface area contributed by atoms with E-state index in [1.807, 2.05) is 0 Å². The molecule has 0 aromatic heterocycles. The minimum Gasteiger partial charge on any atom is -0.394 e. The molecule has 0 amide bonds. The lowest BCUT2D eigenvalue weighted by Crippen LogP contribution is -2.30. The van der Waals surface area contributed by atoms with Crippen molar-refractivity contribution in [1.29, 1.82) is 5.26 Å². The summed E-state index contributed by atoms with van der Waals surface area (Å²) >= 11 is 0. The molecule has 0 aromatic rings. The van der Waals surface area contributed by atoms with E-state index in [-0.39, 0.29) is 6.61 Å². The van der Waals surface area contributed by atoms with E-state index < -0.39 is 0 Å². The minimum absolute atomic E-state index is 0.0849. The van der Waals surface area contributed by atoms with Crippen molar-refractivity contribution in [2.24, 2.45) is 0 Å². The molecule has 80 valence electrons. The van der Waals surface area contributed by atoms with Gasteiger partial charge in [0.15, 0.2) is 0 Å². The maximum absolute atomic E-state index is 8.51. The molecule has 1 fully saturated rings. The summed E-state index contributed by atoms with van der Waals surface area (Å²) in [5.41, 5.74) is 0. The van der Waals surface area contributed by atoms with E-state index in [0.717, 1.165) is 13.1 Å². The van der Waals surface area contributed by atoms with Gasteiger partial charge in [-0.2, -0.15) is 5.26 Å². The Balaban J connectivity index is 2.06. The Kier molecular flexibility index (Phi) is 5.53. The van der Waals surface area contributed by atoms with Crippen LogP contribution in [0.4, 0.5) is 0 Å². The van der Waals surface area contributed by atoms with Gasteiger partial charge >= 0.3 is 0 Å². The minimum atomic E-state index is 0.0849. The van der Waals surface area contributed by atoms with Gasteiger partial charge in [-0.15, -0.1) is 0 Å². The molecule has 0 radical (unpaired) electrons. The Hall–Kier alpha value is -0.630. The summed E-state index contributed by atoms with van der Waals surface area (Å²) in [7, 11) is 0. The summed E-state index contributed by atoms with van der Waals surface area (Å²) < 4.78 is 5.20. The van der Waals surface area contributed by atoms with Gasteiger partial charge in [0, 0.05) is 25.6 Å². The number of aliphatic hydroxyl groups excluding tert-OH is 1. The summed E-state index contributed by atoms with van der Waals surface area (Å²) in [6, 6.07) is 2.84. The zero-order chi connectivity index (χ0) is 10.2. The first-order valence-electron chi connectivity index (χ1n) is 5.18. The summed E-state index contributed by atoms with van der Waals surface area (Å²) in [6.45, 7) is 2.89. The summed E-state index contributed by atoms with van der Waals surface area (Å²) in [5.74, 6) is 0. The van der Waals surface area contributed by atoms with Crippen molar-refractivity contribution in [1.82, 2.24) is 4.90 Å². The highest BCUT2D eigenvalue weighted by Gasteiger charge is 2.27. The fraction of sp³-hybridized carbons (Fsp3) is 0.900. The zero-order valence-corrected chi connectivity index (χ0v) is 8.48. The molecule has 14 heavy (non-hydrogen) atoms. The number of hydrogen-bond donors (Lipinski definition) is 1. The van der Waals surface area contributed by atoms with Crippen LogP contribution in [0, 0.1) is 11.3 Å². The fourth-order valence-corrected chi connectivity index (χ4v) is 1.46. The van der Waals surface area contributed by atoms with Gasteiger partial charge in [0.05, 0.1) is 25.9 Å². The van der Waals surface area contributed by atoms with E-state index in [1.165, 1.54) is 12.8 Å². The molecule has 0 bridgehead atoms. The molecule has 1 aliphatic rings. The van der Waals surface area contributed by atoms with Crippen molar-refractivity contribution >= 4 is 0 Å². The monoisotopic (exact) mass is 198 g/mol. The maximum Gasteiger partial charge on any atom is 0.0698 e. The van der Waals surface area contributed by atoms with E-state index in [2.05, 4.69) is 11.0 Å².